The maximum atomic E-state index is 11.6. The van der Waals surface area contributed by atoms with Crippen molar-refractivity contribution in [1.82, 2.24) is 9.97 Å². The van der Waals surface area contributed by atoms with Gasteiger partial charge in [0.15, 0.2) is 0 Å². The van der Waals surface area contributed by atoms with Crippen LogP contribution in [0, 0.1) is 13.8 Å². The Morgan fingerprint density at radius 1 is 1.38 bits per heavy atom. The fourth-order valence-electron chi connectivity index (χ4n) is 2.28. The van der Waals surface area contributed by atoms with Crippen molar-refractivity contribution in [1.29, 1.82) is 0 Å². The maximum absolute atomic E-state index is 11.6. The average Bonchev–Trinajstić information content (AvgIpc) is 2.49. The lowest BCUT2D eigenvalue weighted by Crippen LogP contribution is -2.20. The predicted molar refractivity (Wildman–Crippen MR) is 99.7 cm³/mol. The molecule has 1 aromatic carbocycles. The second-order valence-electron chi connectivity index (χ2n) is 5.48. The molecule has 0 amide bonds. The van der Waals surface area contributed by atoms with Crippen molar-refractivity contribution in [2.45, 2.75) is 31.7 Å². The van der Waals surface area contributed by atoms with Gasteiger partial charge in [0.2, 0.25) is 5.95 Å². The van der Waals surface area contributed by atoms with E-state index < -0.39 is 11.0 Å². The lowest BCUT2D eigenvalue weighted by Gasteiger charge is -2.15. The molecule has 2 aromatic rings. The lowest BCUT2D eigenvalue weighted by atomic mass is 10.1. The van der Waals surface area contributed by atoms with Crippen molar-refractivity contribution in [2.75, 3.05) is 17.2 Å². The smallest absolute Gasteiger partial charge is 0.229 e. The Kier molecular flexibility index (Phi) is 6.27. The van der Waals surface area contributed by atoms with Gasteiger partial charge in [0.1, 0.15) is 16.8 Å². The first-order valence-corrected chi connectivity index (χ1v) is 9.26. The number of anilines is 3. The van der Waals surface area contributed by atoms with Crippen LogP contribution in [-0.4, -0.2) is 31.9 Å². The average molecular weight is 414 g/mol. The highest BCUT2D eigenvalue weighted by Crippen LogP contribution is 2.26. The highest BCUT2D eigenvalue weighted by Gasteiger charge is 2.11. The number of nitrogens with zero attached hydrogens (tertiary/aromatic N) is 2. The number of aryl methyl sites for hydroxylation is 2. The fraction of sp³-hybridized carbons (Fsp3) is 0.333. The van der Waals surface area contributed by atoms with Crippen LogP contribution in [0.5, 0.6) is 0 Å². The van der Waals surface area contributed by atoms with E-state index in [1.54, 1.807) is 6.20 Å². The summed E-state index contributed by atoms with van der Waals surface area (Å²) in [5.74, 6) is 0.994. The van der Waals surface area contributed by atoms with E-state index in [-0.39, 0.29) is 12.6 Å². The van der Waals surface area contributed by atoms with Gasteiger partial charge in [0, 0.05) is 17.9 Å². The number of aliphatic hydroxyl groups excluding tert-OH is 1. The molecule has 5 N–H and O–H groups in total. The minimum absolute atomic E-state index is 0.00468. The zero-order chi connectivity index (χ0) is 17.9. The summed E-state index contributed by atoms with van der Waals surface area (Å²) in [4.78, 5) is 9.26. The monoisotopic (exact) mass is 413 g/mol. The maximum Gasteiger partial charge on any atom is 0.229 e. The molecular formula is C15H20BrN5O2S. The molecule has 9 heteroatoms. The van der Waals surface area contributed by atoms with Crippen molar-refractivity contribution in [3.05, 3.63) is 33.9 Å². The molecule has 2 rings (SSSR count). The number of rotatable bonds is 6. The molecule has 1 aromatic heterocycles. The van der Waals surface area contributed by atoms with Crippen LogP contribution in [0.3, 0.4) is 0 Å². The van der Waals surface area contributed by atoms with E-state index in [9.17, 15) is 4.21 Å². The van der Waals surface area contributed by atoms with Gasteiger partial charge >= 0.3 is 0 Å². The number of halogens is 1. The van der Waals surface area contributed by atoms with Gasteiger partial charge in [-0.05, 0) is 60.0 Å². The van der Waals surface area contributed by atoms with E-state index in [1.807, 2.05) is 32.9 Å². The van der Waals surface area contributed by atoms with Crippen LogP contribution in [-0.2, 0) is 11.0 Å². The number of aromatic nitrogens is 2. The second-order valence-corrected chi connectivity index (χ2v) is 7.34. The third-order valence-electron chi connectivity index (χ3n) is 3.32. The standard InChI is InChI=1S/C15H20BrN5O2S/c1-8-4-11(5-9(2)13(8)24(17)23)20-15-18-6-12(16)14(21-15)19-10(3)7-22/h4-6,10,22H,7,17H2,1-3H3,(H2,18,19,20,21)/t10-,24?/m1/s1. The second kappa shape index (κ2) is 8.02. The topological polar surface area (TPSA) is 113 Å². The highest BCUT2D eigenvalue weighted by atomic mass is 79.9. The minimum atomic E-state index is -1.52. The van der Waals surface area contributed by atoms with Crippen LogP contribution in [0.25, 0.3) is 0 Å². The minimum Gasteiger partial charge on any atom is -0.394 e. The normalized spacial score (nSPS) is 13.4. The Hall–Kier alpha value is -1.55. The molecule has 130 valence electrons. The molecule has 24 heavy (non-hydrogen) atoms. The zero-order valence-corrected chi connectivity index (χ0v) is 16.0. The Bertz CT molecular complexity index is 749. The first-order valence-electron chi connectivity index (χ1n) is 7.26. The molecule has 0 aliphatic rings. The third-order valence-corrected chi connectivity index (χ3v) is 4.95. The van der Waals surface area contributed by atoms with Crippen LogP contribution >= 0.6 is 15.9 Å². The van der Waals surface area contributed by atoms with Gasteiger partial charge in [-0.3, -0.25) is 0 Å². The molecule has 1 heterocycles. The number of hydrogen-bond donors (Lipinski definition) is 4. The van der Waals surface area contributed by atoms with Gasteiger partial charge in [0.05, 0.1) is 16.0 Å². The summed E-state index contributed by atoms with van der Waals surface area (Å²) in [5.41, 5.74) is 2.45. The van der Waals surface area contributed by atoms with E-state index in [0.29, 0.717) is 21.1 Å². The van der Waals surface area contributed by atoms with E-state index in [4.69, 9.17) is 10.2 Å². The van der Waals surface area contributed by atoms with Gasteiger partial charge in [-0.2, -0.15) is 4.98 Å². The SMILES string of the molecule is Cc1cc(Nc2ncc(Br)c(N[C@H](C)CO)n2)cc(C)c1S(N)=O. The molecular weight excluding hydrogens is 394 g/mol. The van der Waals surface area contributed by atoms with E-state index in [1.165, 1.54) is 0 Å². The van der Waals surface area contributed by atoms with Crippen molar-refractivity contribution < 1.29 is 9.32 Å². The highest BCUT2D eigenvalue weighted by molar-refractivity contribution is 9.10. The predicted octanol–water partition coefficient (Wildman–Crippen LogP) is 2.37. The van der Waals surface area contributed by atoms with E-state index in [0.717, 1.165) is 16.8 Å². The van der Waals surface area contributed by atoms with Gasteiger partial charge in [0.25, 0.3) is 0 Å². The summed E-state index contributed by atoms with van der Waals surface area (Å²) in [5, 5.41) is 20.9. The summed E-state index contributed by atoms with van der Waals surface area (Å²) < 4.78 is 12.3. The Balaban J connectivity index is 2.28. The number of nitrogens with two attached hydrogens (primary N) is 1. The molecule has 0 bridgehead atoms. The zero-order valence-electron chi connectivity index (χ0n) is 13.6. The van der Waals surface area contributed by atoms with Crippen molar-refractivity contribution in [2.24, 2.45) is 5.14 Å². The van der Waals surface area contributed by atoms with Crippen molar-refractivity contribution >= 4 is 44.4 Å². The molecule has 7 nitrogen and oxygen atoms in total. The molecule has 0 radical (unpaired) electrons. The molecule has 0 saturated heterocycles. The largest absolute Gasteiger partial charge is 0.394 e. The summed E-state index contributed by atoms with van der Waals surface area (Å²) in [7, 11) is -1.52. The van der Waals surface area contributed by atoms with Crippen LogP contribution in [0.4, 0.5) is 17.5 Å². The van der Waals surface area contributed by atoms with Crippen LogP contribution in [0.2, 0.25) is 0 Å². The summed E-state index contributed by atoms with van der Waals surface area (Å²) in [6, 6.07) is 3.57. The van der Waals surface area contributed by atoms with Gasteiger partial charge in [-0.15, -0.1) is 0 Å². The van der Waals surface area contributed by atoms with Gasteiger partial charge in [-0.1, -0.05) is 0 Å². The summed E-state index contributed by atoms with van der Waals surface area (Å²) >= 11 is 3.38. The lowest BCUT2D eigenvalue weighted by molar-refractivity contribution is 0.281. The number of hydrogen-bond acceptors (Lipinski definition) is 6. The van der Waals surface area contributed by atoms with Crippen LogP contribution in [0.1, 0.15) is 18.1 Å². The first kappa shape index (κ1) is 18.8. The number of benzene rings is 1. The summed E-state index contributed by atoms with van der Waals surface area (Å²) in [6.07, 6.45) is 1.63. The molecule has 0 aliphatic heterocycles. The van der Waals surface area contributed by atoms with Gasteiger partial charge < -0.3 is 15.7 Å². The fourth-order valence-corrected chi connectivity index (χ4v) is 3.33. The van der Waals surface area contributed by atoms with Crippen molar-refractivity contribution in [3.8, 4) is 0 Å². The summed E-state index contributed by atoms with van der Waals surface area (Å²) in [6.45, 7) is 5.56. The molecule has 0 aliphatic carbocycles. The van der Waals surface area contributed by atoms with Crippen LogP contribution in [0.15, 0.2) is 27.7 Å². The number of aliphatic hydroxyl groups is 1. The third kappa shape index (κ3) is 4.50. The molecule has 0 fully saturated rings. The Morgan fingerprint density at radius 3 is 2.54 bits per heavy atom. The quantitative estimate of drug-likeness (QED) is 0.577. The van der Waals surface area contributed by atoms with Gasteiger partial charge in [-0.25, -0.2) is 14.3 Å². The Morgan fingerprint density at radius 2 is 2.00 bits per heavy atom. The number of nitrogens with one attached hydrogen (secondary N) is 2. The van der Waals surface area contributed by atoms with E-state index >= 15 is 0 Å². The molecule has 0 saturated carbocycles. The van der Waals surface area contributed by atoms with E-state index in [2.05, 4.69) is 36.5 Å². The Labute approximate surface area is 151 Å². The van der Waals surface area contributed by atoms with Crippen molar-refractivity contribution in [3.63, 3.8) is 0 Å². The molecule has 2 atom stereocenters. The first-order chi connectivity index (χ1) is 11.3. The van der Waals surface area contributed by atoms with Crippen LogP contribution < -0.4 is 15.8 Å². The molecule has 0 spiro atoms. The molecule has 1 unspecified atom stereocenters.